The molecule has 2 unspecified atom stereocenters. The largest absolute Gasteiger partial charge is 0.103 e. The molecule has 0 heterocycles. The normalized spacial score (nSPS) is 16.2. The molecule has 0 saturated heterocycles. The third-order valence-electron chi connectivity index (χ3n) is 3.16. The van der Waals surface area contributed by atoms with Crippen LogP contribution in [0.5, 0.6) is 0 Å². The van der Waals surface area contributed by atoms with E-state index in [1.807, 2.05) is 0 Å². The van der Waals surface area contributed by atoms with Gasteiger partial charge in [-0.25, -0.2) is 0 Å². The van der Waals surface area contributed by atoms with Gasteiger partial charge in [0, 0.05) is 0 Å². The molecule has 0 spiro atoms. The first-order valence-electron chi connectivity index (χ1n) is 6.73. The predicted molar refractivity (Wildman–Crippen MR) is 75.6 cm³/mol. The van der Waals surface area contributed by atoms with Gasteiger partial charge in [-0.05, 0) is 50.4 Å². The van der Waals surface area contributed by atoms with Gasteiger partial charge in [-0.3, -0.25) is 0 Å². The maximum atomic E-state index is 3.84. The Hall–Kier alpha value is -0.520. The number of rotatable bonds is 8. The molecule has 0 radical (unpaired) electrons. The molecule has 0 aromatic heterocycles. The number of allylic oxidation sites excluding steroid dienone is 3. The van der Waals surface area contributed by atoms with Crippen molar-refractivity contribution in [3.63, 3.8) is 0 Å². The highest BCUT2D eigenvalue weighted by atomic mass is 14.1. The molecular weight excluding hydrogens is 192 g/mol. The van der Waals surface area contributed by atoms with Gasteiger partial charge in [0.2, 0.25) is 0 Å². The van der Waals surface area contributed by atoms with Crippen molar-refractivity contribution in [2.24, 2.45) is 17.8 Å². The monoisotopic (exact) mass is 222 g/mol. The lowest BCUT2D eigenvalue weighted by Crippen LogP contribution is -2.00. The van der Waals surface area contributed by atoms with Gasteiger partial charge in [-0.15, -0.1) is 6.58 Å². The molecule has 0 amide bonds. The van der Waals surface area contributed by atoms with E-state index in [1.165, 1.54) is 25.7 Å². The summed E-state index contributed by atoms with van der Waals surface area (Å²) in [5.41, 5.74) is 1.56. The first-order chi connectivity index (χ1) is 7.45. The van der Waals surface area contributed by atoms with Crippen LogP contribution in [-0.4, -0.2) is 0 Å². The number of hydrogen-bond acceptors (Lipinski definition) is 0. The zero-order valence-corrected chi connectivity index (χ0v) is 11.9. The molecule has 0 rings (SSSR count). The minimum absolute atomic E-state index is 0.652. The quantitative estimate of drug-likeness (QED) is 0.468. The summed E-state index contributed by atoms with van der Waals surface area (Å²) in [4.78, 5) is 0. The molecule has 0 aliphatic carbocycles. The van der Waals surface area contributed by atoms with Gasteiger partial charge in [-0.2, -0.15) is 0 Å². The van der Waals surface area contributed by atoms with Crippen LogP contribution < -0.4 is 0 Å². The molecule has 0 heteroatoms. The van der Waals surface area contributed by atoms with E-state index in [2.05, 4.69) is 53.3 Å². The summed E-state index contributed by atoms with van der Waals surface area (Å²) in [6, 6.07) is 0. The van der Waals surface area contributed by atoms with E-state index < -0.39 is 0 Å². The zero-order chi connectivity index (χ0) is 12.6. The standard InChI is InChI=1S/C16H30/c1-7-14(4)12-16(6)11-10-15(5)9-8-13(2)3/h7,10,13-14,16H,1,8-9,11-12H2,2-6H3. The van der Waals surface area contributed by atoms with Crippen molar-refractivity contribution in [3.05, 3.63) is 24.3 Å². The topological polar surface area (TPSA) is 0 Å². The minimum Gasteiger partial charge on any atom is -0.103 e. The van der Waals surface area contributed by atoms with Crippen molar-refractivity contribution < 1.29 is 0 Å². The Morgan fingerprint density at radius 2 is 1.81 bits per heavy atom. The zero-order valence-electron chi connectivity index (χ0n) is 11.9. The van der Waals surface area contributed by atoms with Crippen LogP contribution in [0.2, 0.25) is 0 Å². The second-order valence-corrected chi connectivity index (χ2v) is 5.77. The van der Waals surface area contributed by atoms with Crippen LogP contribution in [-0.2, 0) is 0 Å². The molecule has 0 saturated carbocycles. The van der Waals surface area contributed by atoms with Gasteiger partial charge >= 0.3 is 0 Å². The highest BCUT2D eigenvalue weighted by molar-refractivity contribution is 4.98. The second kappa shape index (κ2) is 8.61. The molecule has 0 N–H and O–H groups in total. The van der Waals surface area contributed by atoms with E-state index in [1.54, 1.807) is 5.57 Å². The van der Waals surface area contributed by atoms with E-state index >= 15 is 0 Å². The average molecular weight is 222 g/mol. The van der Waals surface area contributed by atoms with Gasteiger partial charge in [0.1, 0.15) is 0 Å². The van der Waals surface area contributed by atoms with Crippen molar-refractivity contribution in [2.75, 3.05) is 0 Å². The lowest BCUT2D eigenvalue weighted by atomic mass is 9.93. The lowest BCUT2D eigenvalue weighted by Gasteiger charge is -2.13. The Balaban J connectivity index is 3.82. The molecule has 0 aliphatic rings. The highest BCUT2D eigenvalue weighted by Crippen LogP contribution is 2.18. The van der Waals surface area contributed by atoms with Crippen molar-refractivity contribution in [1.82, 2.24) is 0 Å². The van der Waals surface area contributed by atoms with Gasteiger partial charge < -0.3 is 0 Å². The highest BCUT2D eigenvalue weighted by Gasteiger charge is 2.04. The van der Waals surface area contributed by atoms with Gasteiger partial charge in [0.15, 0.2) is 0 Å². The van der Waals surface area contributed by atoms with Crippen LogP contribution in [0.15, 0.2) is 24.3 Å². The van der Waals surface area contributed by atoms with Gasteiger partial charge in [0.25, 0.3) is 0 Å². The number of hydrogen-bond donors (Lipinski definition) is 0. The minimum atomic E-state index is 0.652. The molecule has 0 aromatic carbocycles. The Morgan fingerprint density at radius 1 is 1.19 bits per heavy atom. The van der Waals surface area contributed by atoms with Crippen LogP contribution in [0.4, 0.5) is 0 Å². The van der Waals surface area contributed by atoms with Crippen LogP contribution in [0.3, 0.4) is 0 Å². The molecule has 0 aliphatic heterocycles. The second-order valence-electron chi connectivity index (χ2n) is 5.77. The molecular formula is C16H30. The van der Waals surface area contributed by atoms with E-state index in [-0.39, 0.29) is 0 Å². The van der Waals surface area contributed by atoms with E-state index in [9.17, 15) is 0 Å². The Kier molecular flexibility index (Phi) is 8.33. The fourth-order valence-electron chi connectivity index (χ4n) is 1.85. The van der Waals surface area contributed by atoms with Crippen LogP contribution >= 0.6 is 0 Å². The molecule has 0 fully saturated rings. The maximum absolute atomic E-state index is 3.84. The average Bonchev–Trinajstić information content (AvgIpc) is 2.23. The smallest absolute Gasteiger partial charge is 0.0262 e. The SMILES string of the molecule is C=CC(C)CC(C)CC=C(C)CCC(C)C. The van der Waals surface area contributed by atoms with Crippen LogP contribution in [0.1, 0.15) is 60.3 Å². The van der Waals surface area contributed by atoms with Crippen molar-refractivity contribution in [2.45, 2.75) is 60.3 Å². The summed E-state index contributed by atoms with van der Waals surface area (Å²) in [6.07, 6.45) is 9.56. The Labute approximate surface area is 103 Å². The summed E-state index contributed by atoms with van der Waals surface area (Å²) in [6.45, 7) is 15.3. The fourth-order valence-corrected chi connectivity index (χ4v) is 1.85. The summed E-state index contributed by atoms with van der Waals surface area (Å²) in [5.74, 6) is 2.25. The van der Waals surface area contributed by atoms with Crippen molar-refractivity contribution >= 4 is 0 Å². The van der Waals surface area contributed by atoms with E-state index in [0.29, 0.717) is 5.92 Å². The van der Waals surface area contributed by atoms with Gasteiger partial charge in [-0.1, -0.05) is 45.4 Å². The van der Waals surface area contributed by atoms with Gasteiger partial charge in [0.05, 0.1) is 0 Å². The summed E-state index contributed by atoms with van der Waals surface area (Å²) in [7, 11) is 0. The Morgan fingerprint density at radius 3 is 2.31 bits per heavy atom. The molecule has 0 aromatic rings. The van der Waals surface area contributed by atoms with Crippen molar-refractivity contribution in [3.8, 4) is 0 Å². The summed E-state index contributed by atoms with van der Waals surface area (Å²) in [5, 5.41) is 0. The molecule has 0 nitrogen and oxygen atoms in total. The first-order valence-corrected chi connectivity index (χ1v) is 6.73. The molecule has 16 heavy (non-hydrogen) atoms. The third kappa shape index (κ3) is 8.76. The molecule has 0 bridgehead atoms. The fraction of sp³-hybridized carbons (Fsp3) is 0.750. The lowest BCUT2D eigenvalue weighted by molar-refractivity contribution is 0.470. The van der Waals surface area contributed by atoms with E-state index in [4.69, 9.17) is 0 Å². The maximum Gasteiger partial charge on any atom is -0.0262 e. The van der Waals surface area contributed by atoms with Crippen molar-refractivity contribution in [1.29, 1.82) is 0 Å². The van der Waals surface area contributed by atoms with Crippen LogP contribution in [0.25, 0.3) is 0 Å². The predicted octanol–water partition coefficient (Wildman–Crippen LogP) is 5.61. The summed E-state index contributed by atoms with van der Waals surface area (Å²) >= 11 is 0. The summed E-state index contributed by atoms with van der Waals surface area (Å²) < 4.78 is 0. The molecule has 94 valence electrons. The Bertz CT molecular complexity index is 210. The first kappa shape index (κ1) is 15.5. The van der Waals surface area contributed by atoms with Crippen LogP contribution in [0, 0.1) is 17.8 Å². The van der Waals surface area contributed by atoms with E-state index in [0.717, 1.165) is 11.8 Å². The molecule has 2 atom stereocenters. The third-order valence-corrected chi connectivity index (χ3v) is 3.16.